The Morgan fingerprint density at radius 1 is 0.962 bits per heavy atom. The summed E-state index contributed by atoms with van der Waals surface area (Å²) in [6.07, 6.45) is -1.67. The molecule has 1 aromatic rings. The topological polar surface area (TPSA) is 94.2 Å². The highest BCUT2D eigenvalue weighted by molar-refractivity contribution is 5.94. The summed E-state index contributed by atoms with van der Waals surface area (Å²) in [5, 5.41) is 0.881. The molecule has 0 radical (unpaired) electrons. The largest absolute Gasteiger partial charge is 0.465 e. The minimum atomic E-state index is -0.841. The number of anilines is 1. The lowest BCUT2D eigenvalue weighted by atomic mass is 10.2. The number of carbonyl (C=O) groups excluding carboxylic acids is 3. The number of ether oxygens (including phenoxy) is 3. The fourth-order valence-electron chi connectivity index (χ4n) is 1.81. The Hall–Kier alpha value is -2.77. The predicted molar refractivity (Wildman–Crippen MR) is 95.9 cm³/mol. The molecular formula is C18H26N2O6. The number of esters is 1. The molecule has 0 aliphatic rings. The molecule has 1 aromatic carbocycles. The van der Waals surface area contributed by atoms with Gasteiger partial charge in [0.15, 0.2) is 0 Å². The molecule has 0 aliphatic heterocycles. The first-order chi connectivity index (χ1) is 11.8. The van der Waals surface area contributed by atoms with Gasteiger partial charge < -0.3 is 14.2 Å². The van der Waals surface area contributed by atoms with Crippen LogP contribution in [0.3, 0.4) is 0 Å². The van der Waals surface area contributed by atoms with Crippen LogP contribution in [0.1, 0.15) is 51.9 Å². The maximum Gasteiger partial charge on any atom is 0.434 e. The average molecular weight is 366 g/mol. The summed E-state index contributed by atoms with van der Waals surface area (Å²) in [5.74, 6) is -0.576. The van der Waals surface area contributed by atoms with Gasteiger partial charge in [-0.2, -0.15) is 5.01 Å². The van der Waals surface area contributed by atoms with Crippen molar-refractivity contribution in [2.24, 2.45) is 0 Å². The van der Waals surface area contributed by atoms with Gasteiger partial charge in [0, 0.05) is 0 Å². The van der Waals surface area contributed by atoms with Crippen LogP contribution in [-0.2, 0) is 14.2 Å². The third-order valence-corrected chi connectivity index (χ3v) is 2.70. The van der Waals surface area contributed by atoms with Gasteiger partial charge in [-0.3, -0.25) is 0 Å². The van der Waals surface area contributed by atoms with Crippen LogP contribution in [-0.4, -0.2) is 36.5 Å². The lowest BCUT2D eigenvalue weighted by Crippen LogP contribution is -2.50. The molecule has 8 nitrogen and oxygen atoms in total. The fraction of sp³-hybridized carbons (Fsp3) is 0.500. The van der Waals surface area contributed by atoms with Crippen molar-refractivity contribution < 1.29 is 28.6 Å². The molecule has 0 fully saturated rings. The molecular weight excluding hydrogens is 340 g/mol. The van der Waals surface area contributed by atoms with Gasteiger partial charge in [-0.1, -0.05) is 6.07 Å². The maximum absolute atomic E-state index is 12.5. The molecule has 144 valence electrons. The van der Waals surface area contributed by atoms with E-state index in [1.165, 1.54) is 25.3 Å². The summed E-state index contributed by atoms with van der Waals surface area (Å²) in [5.41, 5.74) is 1.23. The Morgan fingerprint density at radius 2 is 1.54 bits per heavy atom. The van der Waals surface area contributed by atoms with E-state index < -0.39 is 29.4 Å². The third-order valence-electron chi connectivity index (χ3n) is 2.70. The van der Waals surface area contributed by atoms with Crippen LogP contribution in [0.4, 0.5) is 15.3 Å². The first-order valence-electron chi connectivity index (χ1n) is 8.03. The monoisotopic (exact) mass is 366 g/mol. The van der Waals surface area contributed by atoms with Crippen molar-refractivity contribution in [2.45, 2.75) is 52.7 Å². The highest BCUT2D eigenvalue weighted by Crippen LogP contribution is 2.19. The van der Waals surface area contributed by atoms with Gasteiger partial charge in [-0.05, 0) is 59.7 Å². The minimum Gasteiger partial charge on any atom is -0.465 e. The van der Waals surface area contributed by atoms with Gasteiger partial charge in [0.25, 0.3) is 0 Å². The van der Waals surface area contributed by atoms with Crippen molar-refractivity contribution in [1.29, 1.82) is 0 Å². The zero-order chi connectivity index (χ0) is 20.1. The van der Waals surface area contributed by atoms with Crippen LogP contribution in [0.5, 0.6) is 0 Å². The van der Waals surface area contributed by atoms with Crippen molar-refractivity contribution in [3.63, 3.8) is 0 Å². The number of carbonyl (C=O) groups is 3. The highest BCUT2D eigenvalue weighted by atomic mass is 16.6. The quantitative estimate of drug-likeness (QED) is 0.488. The van der Waals surface area contributed by atoms with Gasteiger partial charge in [0.05, 0.1) is 18.4 Å². The molecule has 0 saturated heterocycles. The SMILES string of the molecule is COC(=O)c1cccc(N(NC(=O)OC(C)(C)C)C(=O)OC(C)(C)C)c1. The zero-order valence-electron chi connectivity index (χ0n) is 16.2. The third kappa shape index (κ3) is 7.00. The number of amides is 2. The Morgan fingerprint density at radius 3 is 2.04 bits per heavy atom. The Kier molecular flexibility index (Phi) is 6.60. The number of rotatable bonds is 2. The van der Waals surface area contributed by atoms with E-state index in [4.69, 9.17) is 9.47 Å². The Labute approximate surface area is 153 Å². The summed E-state index contributed by atoms with van der Waals surface area (Å²) in [7, 11) is 1.25. The predicted octanol–water partition coefficient (Wildman–Crippen LogP) is 3.65. The van der Waals surface area contributed by atoms with Gasteiger partial charge in [0.1, 0.15) is 11.2 Å². The average Bonchev–Trinajstić information content (AvgIpc) is 2.48. The summed E-state index contributed by atoms with van der Waals surface area (Å²) in [4.78, 5) is 36.4. The van der Waals surface area contributed by atoms with Gasteiger partial charge in [0.2, 0.25) is 0 Å². The lowest BCUT2D eigenvalue weighted by Gasteiger charge is -2.29. The van der Waals surface area contributed by atoms with Crippen molar-refractivity contribution in [1.82, 2.24) is 5.43 Å². The molecule has 0 bridgehead atoms. The normalized spacial score (nSPS) is 11.3. The molecule has 1 rings (SSSR count). The minimum absolute atomic E-state index is 0.213. The summed E-state index contributed by atoms with van der Waals surface area (Å²) in [6, 6.07) is 6.01. The lowest BCUT2D eigenvalue weighted by molar-refractivity contribution is 0.0425. The Balaban J connectivity index is 3.17. The van der Waals surface area contributed by atoms with Crippen molar-refractivity contribution in [3.05, 3.63) is 29.8 Å². The first kappa shape index (κ1) is 21.3. The standard InChI is InChI=1S/C18H26N2O6/c1-17(2,3)25-15(22)19-20(16(23)26-18(4,5)6)13-10-8-9-12(11-13)14(21)24-7/h8-11H,1-7H3,(H,19,22). The number of hydrogen-bond donors (Lipinski definition) is 1. The molecule has 2 amide bonds. The van der Waals surface area contributed by atoms with Gasteiger partial charge in [-0.25, -0.2) is 19.8 Å². The molecule has 0 saturated carbocycles. The first-order valence-corrected chi connectivity index (χ1v) is 8.03. The van der Waals surface area contributed by atoms with Crippen LogP contribution < -0.4 is 10.4 Å². The van der Waals surface area contributed by atoms with Crippen LogP contribution in [0.2, 0.25) is 0 Å². The van der Waals surface area contributed by atoms with E-state index in [2.05, 4.69) is 10.2 Å². The Bertz CT molecular complexity index is 673. The van der Waals surface area contributed by atoms with E-state index in [1.54, 1.807) is 47.6 Å². The van der Waals surface area contributed by atoms with Crippen molar-refractivity contribution in [3.8, 4) is 0 Å². The van der Waals surface area contributed by atoms with E-state index in [0.29, 0.717) is 0 Å². The van der Waals surface area contributed by atoms with Crippen molar-refractivity contribution in [2.75, 3.05) is 12.1 Å². The van der Waals surface area contributed by atoms with E-state index in [9.17, 15) is 14.4 Å². The second kappa shape index (κ2) is 8.07. The summed E-state index contributed by atoms with van der Waals surface area (Å²) in [6.45, 7) is 10.2. The van der Waals surface area contributed by atoms with E-state index in [1.807, 2.05) is 0 Å². The molecule has 1 N–H and O–H groups in total. The van der Waals surface area contributed by atoms with Crippen LogP contribution in [0, 0.1) is 0 Å². The molecule has 0 unspecified atom stereocenters. The number of nitrogens with one attached hydrogen (secondary N) is 1. The van der Waals surface area contributed by atoms with Gasteiger partial charge >= 0.3 is 18.2 Å². The van der Waals surface area contributed by atoms with Crippen LogP contribution in [0.15, 0.2) is 24.3 Å². The number of hydrazine groups is 1. The fourth-order valence-corrected chi connectivity index (χ4v) is 1.81. The number of nitrogens with zero attached hydrogens (tertiary/aromatic N) is 1. The second-order valence-electron chi connectivity index (χ2n) is 7.47. The summed E-state index contributed by atoms with van der Waals surface area (Å²) >= 11 is 0. The van der Waals surface area contributed by atoms with E-state index in [0.717, 1.165) is 5.01 Å². The number of methoxy groups -OCH3 is 1. The molecule has 0 atom stereocenters. The van der Waals surface area contributed by atoms with E-state index >= 15 is 0 Å². The molecule has 0 aromatic heterocycles. The van der Waals surface area contributed by atoms with E-state index in [-0.39, 0.29) is 11.3 Å². The smallest absolute Gasteiger partial charge is 0.434 e. The number of hydrogen-bond acceptors (Lipinski definition) is 6. The second-order valence-corrected chi connectivity index (χ2v) is 7.47. The van der Waals surface area contributed by atoms with Crippen molar-refractivity contribution >= 4 is 23.8 Å². The molecule has 0 spiro atoms. The summed E-state index contributed by atoms with van der Waals surface area (Å²) < 4.78 is 15.2. The van der Waals surface area contributed by atoms with Crippen LogP contribution in [0.25, 0.3) is 0 Å². The number of benzene rings is 1. The molecule has 8 heteroatoms. The van der Waals surface area contributed by atoms with Gasteiger partial charge in [-0.15, -0.1) is 0 Å². The highest BCUT2D eigenvalue weighted by Gasteiger charge is 2.27. The molecule has 0 aliphatic carbocycles. The molecule has 26 heavy (non-hydrogen) atoms. The molecule has 0 heterocycles. The zero-order valence-corrected chi connectivity index (χ0v) is 16.2. The maximum atomic E-state index is 12.5. The van der Waals surface area contributed by atoms with Crippen LogP contribution >= 0.6 is 0 Å².